The maximum Gasteiger partial charge on any atom is 0.244 e. The van der Waals surface area contributed by atoms with Gasteiger partial charge in [-0.15, -0.1) is 0 Å². The van der Waals surface area contributed by atoms with Crippen LogP contribution in [0.3, 0.4) is 0 Å². The molecule has 0 aromatic heterocycles. The second-order valence-electron chi connectivity index (χ2n) is 2.72. The van der Waals surface area contributed by atoms with Crippen LogP contribution in [0, 0.1) is 0 Å². The Morgan fingerprint density at radius 2 is 2.55 bits per heavy atom. The molecule has 0 aromatic rings. The van der Waals surface area contributed by atoms with Gasteiger partial charge in [-0.1, -0.05) is 0 Å². The van der Waals surface area contributed by atoms with Crippen molar-refractivity contribution >= 4 is 11.7 Å². The van der Waals surface area contributed by atoms with Gasteiger partial charge >= 0.3 is 0 Å². The molecule has 1 aliphatic rings. The number of amidine groups is 1. The number of hydrogen-bond donors (Lipinski definition) is 2. The van der Waals surface area contributed by atoms with Crippen LogP contribution in [0.25, 0.3) is 0 Å². The van der Waals surface area contributed by atoms with Gasteiger partial charge < -0.3 is 11.1 Å². The number of carbonyl (C=O) groups is 1. The quantitative estimate of drug-likeness (QED) is 0.401. The van der Waals surface area contributed by atoms with E-state index in [1.807, 2.05) is 0 Å². The zero-order chi connectivity index (χ0) is 8.27. The van der Waals surface area contributed by atoms with Crippen molar-refractivity contribution in [3.63, 3.8) is 0 Å². The molecule has 0 radical (unpaired) electrons. The van der Waals surface area contributed by atoms with E-state index in [9.17, 15) is 4.79 Å². The lowest BCUT2D eigenvalue weighted by atomic mass is 10.1. The molecule has 4 nitrogen and oxygen atoms in total. The van der Waals surface area contributed by atoms with Crippen LogP contribution in [-0.4, -0.2) is 24.3 Å². The van der Waals surface area contributed by atoms with Crippen LogP contribution in [-0.2, 0) is 4.79 Å². The Bertz CT molecular complexity index is 184. The SMILES string of the molecule is CC(N)=NC1CCCNC1=O. The number of carbonyl (C=O) groups excluding carboxylic acids is 1. The molecule has 1 rings (SSSR count). The molecule has 1 unspecified atom stereocenters. The molecule has 62 valence electrons. The molecule has 0 bridgehead atoms. The molecule has 1 amide bonds. The van der Waals surface area contributed by atoms with Gasteiger partial charge in [-0.2, -0.15) is 0 Å². The Balaban J connectivity index is 2.55. The van der Waals surface area contributed by atoms with Gasteiger partial charge in [-0.3, -0.25) is 9.79 Å². The average molecular weight is 155 g/mol. The number of piperidine rings is 1. The van der Waals surface area contributed by atoms with Crippen LogP contribution in [0.4, 0.5) is 0 Å². The molecule has 0 aromatic carbocycles. The van der Waals surface area contributed by atoms with Crippen LogP contribution in [0.15, 0.2) is 4.99 Å². The monoisotopic (exact) mass is 155 g/mol. The Kier molecular flexibility index (Phi) is 2.46. The van der Waals surface area contributed by atoms with Crippen molar-refractivity contribution in [2.75, 3.05) is 6.54 Å². The van der Waals surface area contributed by atoms with Crippen molar-refractivity contribution in [1.82, 2.24) is 5.32 Å². The maximum absolute atomic E-state index is 11.1. The zero-order valence-corrected chi connectivity index (χ0v) is 6.63. The van der Waals surface area contributed by atoms with E-state index >= 15 is 0 Å². The van der Waals surface area contributed by atoms with Crippen molar-refractivity contribution in [3.05, 3.63) is 0 Å². The van der Waals surface area contributed by atoms with E-state index in [0.29, 0.717) is 5.84 Å². The van der Waals surface area contributed by atoms with Crippen LogP contribution in [0.1, 0.15) is 19.8 Å². The normalized spacial score (nSPS) is 26.5. The Morgan fingerprint density at radius 3 is 3.09 bits per heavy atom. The van der Waals surface area contributed by atoms with E-state index in [1.54, 1.807) is 6.92 Å². The third-order valence-corrected chi connectivity index (χ3v) is 1.62. The first-order valence-electron chi connectivity index (χ1n) is 3.78. The highest BCUT2D eigenvalue weighted by atomic mass is 16.2. The Labute approximate surface area is 65.9 Å². The van der Waals surface area contributed by atoms with E-state index in [4.69, 9.17) is 5.73 Å². The average Bonchev–Trinajstić information content (AvgIpc) is 1.93. The molecule has 1 heterocycles. The van der Waals surface area contributed by atoms with E-state index < -0.39 is 0 Å². The van der Waals surface area contributed by atoms with Crippen LogP contribution in [0.2, 0.25) is 0 Å². The number of rotatable bonds is 1. The van der Waals surface area contributed by atoms with Crippen LogP contribution >= 0.6 is 0 Å². The third kappa shape index (κ3) is 2.22. The summed E-state index contributed by atoms with van der Waals surface area (Å²) in [4.78, 5) is 15.1. The summed E-state index contributed by atoms with van der Waals surface area (Å²) in [5.74, 6) is 0.480. The lowest BCUT2D eigenvalue weighted by molar-refractivity contribution is -0.123. The number of hydrogen-bond acceptors (Lipinski definition) is 2. The lowest BCUT2D eigenvalue weighted by Gasteiger charge is -2.18. The maximum atomic E-state index is 11.1. The highest BCUT2D eigenvalue weighted by Crippen LogP contribution is 2.06. The molecule has 0 saturated carbocycles. The van der Waals surface area contributed by atoms with E-state index in [2.05, 4.69) is 10.3 Å². The summed E-state index contributed by atoms with van der Waals surface area (Å²) >= 11 is 0. The molecule has 0 aliphatic carbocycles. The van der Waals surface area contributed by atoms with Crippen molar-refractivity contribution in [2.45, 2.75) is 25.8 Å². The van der Waals surface area contributed by atoms with Gasteiger partial charge in [0.15, 0.2) is 0 Å². The second kappa shape index (κ2) is 3.37. The van der Waals surface area contributed by atoms with Gasteiger partial charge in [-0.05, 0) is 19.8 Å². The molecular weight excluding hydrogens is 142 g/mol. The number of nitrogens with two attached hydrogens (primary N) is 1. The van der Waals surface area contributed by atoms with Crippen molar-refractivity contribution < 1.29 is 4.79 Å². The first-order chi connectivity index (χ1) is 5.20. The predicted molar refractivity (Wildman–Crippen MR) is 43.3 cm³/mol. The van der Waals surface area contributed by atoms with Gasteiger partial charge in [0.05, 0.1) is 5.84 Å². The van der Waals surface area contributed by atoms with Crippen LogP contribution < -0.4 is 11.1 Å². The molecule has 1 saturated heterocycles. The number of nitrogens with one attached hydrogen (secondary N) is 1. The molecule has 11 heavy (non-hydrogen) atoms. The standard InChI is InChI=1S/C7H13N3O/c1-5(8)10-6-3-2-4-9-7(6)11/h6H,2-4H2,1H3,(H2,8,10)(H,9,11). The number of amides is 1. The van der Waals surface area contributed by atoms with Gasteiger partial charge in [0.1, 0.15) is 6.04 Å². The summed E-state index contributed by atoms with van der Waals surface area (Å²) in [7, 11) is 0. The fraction of sp³-hybridized carbons (Fsp3) is 0.714. The van der Waals surface area contributed by atoms with Gasteiger partial charge in [0, 0.05) is 6.54 Å². The molecule has 1 atom stereocenters. The van der Waals surface area contributed by atoms with E-state index in [1.165, 1.54) is 0 Å². The smallest absolute Gasteiger partial charge is 0.244 e. The summed E-state index contributed by atoms with van der Waals surface area (Å²) in [6, 6.07) is -0.242. The topological polar surface area (TPSA) is 67.5 Å². The van der Waals surface area contributed by atoms with Crippen molar-refractivity contribution in [3.8, 4) is 0 Å². The van der Waals surface area contributed by atoms with Gasteiger partial charge in [0.2, 0.25) is 5.91 Å². The minimum absolute atomic E-state index is 0.000972. The first kappa shape index (κ1) is 8.04. The van der Waals surface area contributed by atoms with Crippen molar-refractivity contribution in [2.24, 2.45) is 10.7 Å². The third-order valence-electron chi connectivity index (χ3n) is 1.62. The Morgan fingerprint density at radius 1 is 1.82 bits per heavy atom. The largest absolute Gasteiger partial charge is 0.388 e. The first-order valence-corrected chi connectivity index (χ1v) is 3.78. The molecule has 0 spiro atoms. The van der Waals surface area contributed by atoms with Gasteiger partial charge in [0.25, 0.3) is 0 Å². The van der Waals surface area contributed by atoms with Crippen LogP contribution in [0.5, 0.6) is 0 Å². The highest BCUT2D eigenvalue weighted by Gasteiger charge is 2.20. The molecule has 1 fully saturated rings. The summed E-state index contributed by atoms with van der Waals surface area (Å²) in [5, 5.41) is 2.74. The summed E-state index contributed by atoms with van der Waals surface area (Å²) in [6.45, 7) is 2.47. The number of aliphatic imine (C=N–C) groups is 1. The second-order valence-corrected chi connectivity index (χ2v) is 2.72. The minimum atomic E-state index is -0.242. The van der Waals surface area contributed by atoms with E-state index in [0.717, 1.165) is 19.4 Å². The molecular formula is C7H13N3O. The molecule has 3 N–H and O–H groups in total. The van der Waals surface area contributed by atoms with E-state index in [-0.39, 0.29) is 11.9 Å². The fourth-order valence-corrected chi connectivity index (χ4v) is 1.12. The summed E-state index contributed by atoms with van der Waals surface area (Å²) in [5.41, 5.74) is 5.36. The van der Waals surface area contributed by atoms with Gasteiger partial charge in [-0.25, -0.2) is 0 Å². The Hall–Kier alpha value is -1.06. The minimum Gasteiger partial charge on any atom is -0.388 e. The predicted octanol–water partition coefficient (Wildman–Crippen LogP) is -0.358. The fourth-order valence-electron chi connectivity index (χ4n) is 1.12. The molecule has 1 aliphatic heterocycles. The molecule has 4 heteroatoms. The highest BCUT2D eigenvalue weighted by molar-refractivity contribution is 5.86. The van der Waals surface area contributed by atoms with Crippen molar-refractivity contribution in [1.29, 1.82) is 0 Å². The summed E-state index contributed by atoms with van der Waals surface area (Å²) < 4.78 is 0. The number of nitrogens with zero attached hydrogens (tertiary/aromatic N) is 1. The lowest BCUT2D eigenvalue weighted by Crippen LogP contribution is -2.39. The summed E-state index contributed by atoms with van der Waals surface area (Å²) in [6.07, 6.45) is 1.81. The zero-order valence-electron chi connectivity index (χ0n) is 6.63.